The maximum atomic E-state index is 12.5. The summed E-state index contributed by atoms with van der Waals surface area (Å²) in [5.41, 5.74) is 1.65. The average Bonchev–Trinajstić information content (AvgIpc) is 2.49. The number of hydrogen-bond acceptors (Lipinski definition) is 3. The molecule has 0 aromatic carbocycles. The number of nitrogens with one attached hydrogen (secondary N) is 2. The number of rotatable bonds is 4. The van der Waals surface area contributed by atoms with Gasteiger partial charge in [-0.25, -0.2) is 4.98 Å². The topological polar surface area (TPSA) is 54.0 Å². The molecule has 1 aliphatic carbocycles. The Bertz CT molecular complexity index is 479. The van der Waals surface area contributed by atoms with Gasteiger partial charge in [-0.15, -0.1) is 0 Å². The maximum absolute atomic E-state index is 12.5. The zero-order chi connectivity index (χ0) is 15.4. The maximum Gasteiger partial charge on any atom is 0.251 e. The normalized spacial score (nSPS) is 25.4. The molecule has 0 bridgehead atoms. The molecule has 0 saturated heterocycles. The fourth-order valence-corrected chi connectivity index (χ4v) is 3.16. The molecule has 3 unspecified atom stereocenters. The molecule has 1 aliphatic rings. The van der Waals surface area contributed by atoms with Crippen molar-refractivity contribution in [2.75, 3.05) is 12.4 Å². The SMILES string of the molecule is CCc1cc(C(=O)NC2CCC(C)CC2C)cc(NC)n1. The predicted octanol–water partition coefficient (Wildman–Crippen LogP) is 3.24. The number of carbonyl (C=O) groups excluding carboxylic acids is 1. The fourth-order valence-electron chi connectivity index (χ4n) is 3.16. The van der Waals surface area contributed by atoms with Gasteiger partial charge in [0.1, 0.15) is 5.82 Å². The highest BCUT2D eigenvalue weighted by molar-refractivity contribution is 5.95. The largest absolute Gasteiger partial charge is 0.373 e. The summed E-state index contributed by atoms with van der Waals surface area (Å²) in [4.78, 5) is 16.9. The van der Waals surface area contributed by atoms with E-state index in [0.29, 0.717) is 17.5 Å². The smallest absolute Gasteiger partial charge is 0.251 e. The number of pyridine rings is 1. The Kier molecular flexibility index (Phi) is 5.21. The van der Waals surface area contributed by atoms with Crippen molar-refractivity contribution in [2.24, 2.45) is 11.8 Å². The number of nitrogens with zero attached hydrogens (tertiary/aromatic N) is 1. The first-order valence-corrected chi connectivity index (χ1v) is 8.03. The van der Waals surface area contributed by atoms with Crippen molar-refractivity contribution < 1.29 is 4.79 Å². The Morgan fingerprint density at radius 2 is 2.10 bits per heavy atom. The van der Waals surface area contributed by atoms with Gasteiger partial charge in [0.25, 0.3) is 5.91 Å². The molecule has 1 aromatic heterocycles. The van der Waals surface area contributed by atoms with Crippen LogP contribution in [0.4, 0.5) is 5.82 Å². The predicted molar refractivity (Wildman–Crippen MR) is 86.6 cm³/mol. The first-order chi connectivity index (χ1) is 10.0. The third kappa shape index (κ3) is 3.96. The van der Waals surface area contributed by atoms with Crippen LogP contribution in [0.15, 0.2) is 12.1 Å². The van der Waals surface area contributed by atoms with Crippen LogP contribution in [0.1, 0.15) is 56.1 Å². The molecule has 1 aromatic rings. The second-order valence-corrected chi connectivity index (χ2v) is 6.31. The lowest BCUT2D eigenvalue weighted by Crippen LogP contribution is -2.42. The lowest BCUT2D eigenvalue weighted by molar-refractivity contribution is 0.0899. The van der Waals surface area contributed by atoms with Gasteiger partial charge in [-0.3, -0.25) is 4.79 Å². The van der Waals surface area contributed by atoms with E-state index in [2.05, 4.69) is 29.5 Å². The zero-order valence-electron chi connectivity index (χ0n) is 13.6. The number of hydrogen-bond donors (Lipinski definition) is 2. The molecule has 4 nitrogen and oxygen atoms in total. The third-order valence-electron chi connectivity index (χ3n) is 4.51. The van der Waals surface area contributed by atoms with E-state index in [1.807, 2.05) is 26.1 Å². The molecule has 0 radical (unpaired) electrons. The van der Waals surface area contributed by atoms with Crippen molar-refractivity contribution >= 4 is 11.7 Å². The standard InChI is InChI=1S/C17H27N3O/c1-5-14-9-13(10-16(18-4)19-14)17(21)20-15-7-6-11(2)8-12(15)3/h9-12,15H,5-8H2,1-4H3,(H,18,19)(H,20,21). The summed E-state index contributed by atoms with van der Waals surface area (Å²) in [5, 5.41) is 6.24. The van der Waals surface area contributed by atoms with Gasteiger partial charge in [0.15, 0.2) is 0 Å². The van der Waals surface area contributed by atoms with E-state index in [9.17, 15) is 4.79 Å². The van der Waals surface area contributed by atoms with Gasteiger partial charge < -0.3 is 10.6 Å². The first kappa shape index (κ1) is 15.8. The van der Waals surface area contributed by atoms with Crippen LogP contribution in [-0.2, 0) is 6.42 Å². The van der Waals surface area contributed by atoms with Crippen molar-refractivity contribution in [1.82, 2.24) is 10.3 Å². The van der Waals surface area contributed by atoms with Crippen LogP contribution in [0, 0.1) is 11.8 Å². The quantitative estimate of drug-likeness (QED) is 0.894. The Balaban J connectivity index is 2.09. The molecule has 3 atom stereocenters. The van der Waals surface area contributed by atoms with E-state index in [4.69, 9.17) is 0 Å². The first-order valence-electron chi connectivity index (χ1n) is 8.03. The average molecular weight is 289 g/mol. The van der Waals surface area contributed by atoms with Gasteiger partial charge in [0, 0.05) is 24.3 Å². The minimum absolute atomic E-state index is 0.0232. The minimum atomic E-state index is 0.0232. The second kappa shape index (κ2) is 6.92. The molecule has 0 aliphatic heterocycles. The van der Waals surface area contributed by atoms with E-state index >= 15 is 0 Å². The molecular weight excluding hydrogens is 262 g/mol. The van der Waals surface area contributed by atoms with Gasteiger partial charge >= 0.3 is 0 Å². The van der Waals surface area contributed by atoms with Gasteiger partial charge in [-0.2, -0.15) is 0 Å². The molecule has 2 N–H and O–H groups in total. The van der Waals surface area contributed by atoms with Crippen LogP contribution in [0.25, 0.3) is 0 Å². The second-order valence-electron chi connectivity index (χ2n) is 6.31. The van der Waals surface area contributed by atoms with Crippen molar-refractivity contribution in [3.8, 4) is 0 Å². The Labute approximate surface area is 127 Å². The molecule has 4 heteroatoms. The number of anilines is 1. The van der Waals surface area contributed by atoms with Gasteiger partial charge in [0.05, 0.1) is 0 Å². The Morgan fingerprint density at radius 3 is 2.71 bits per heavy atom. The minimum Gasteiger partial charge on any atom is -0.373 e. The molecule has 1 fully saturated rings. The van der Waals surface area contributed by atoms with Gasteiger partial charge in [-0.1, -0.05) is 20.8 Å². The molecule has 21 heavy (non-hydrogen) atoms. The van der Waals surface area contributed by atoms with Crippen LogP contribution in [-0.4, -0.2) is 24.0 Å². The summed E-state index contributed by atoms with van der Waals surface area (Å²) in [7, 11) is 1.83. The molecule has 1 heterocycles. The summed E-state index contributed by atoms with van der Waals surface area (Å²) in [5.74, 6) is 2.10. The van der Waals surface area contributed by atoms with Crippen molar-refractivity contribution in [3.63, 3.8) is 0 Å². The molecule has 2 rings (SSSR count). The Hall–Kier alpha value is -1.58. The molecule has 116 valence electrons. The van der Waals surface area contributed by atoms with Crippen LogP contribution in [0.2, 0.25) is 0 Å². The van der Waals surface area contributed by atoms with Gasteiger partial charge in [0.2, 0.25) is 0 Å². The summed E-state index contributed by atoms with van der Waals surface area (Å²) < 4.78 is 0. The Morgan fingerprint density at radius 1 is 1.33 bits per heavy atom. The molecule has 1 saturated carbocycles. The molecular formula is C17H27N3O. The van der Waals surface area contributed by atoms with E-state index in [-0.39, 0.29) is 5.91 Å². The number of aromatic nitrogens is 1. The monoisotopic (exact) mass is 289 g/mol. The molecule has 0 spiro atoms. The van der Waals surface area contributed by atoms with Gasteiger partial charge in [-0.05, 0) is 49.7 Å². The fraction of sp³-hybridized carbons (Fsp3) is 0.647. The van der Waals surface area contributed by atoms with Crippen LogP contribution in [0.5, 0.6) is 0 Å². The lowest BCUT2D eigenvalue weighted by atomic mass is 9.80. The summed E-state index contributed by atoms with van der Waals surface area (Å²) >= 11 is 0. The van der Waals surface area contributed by atoms with E-state index in [1.165, 1.54) is 12.8 Å². The highest BCUT2D eigenvalue weighted by Gasteiger charge is 2.26. The van der Waals surface area contributed by atoms with Crippen molar-refractivity contribution in [3.05, 3.63) is 23.4 Å². The summed E-state index contributed by atoms with van der Waals surface area (Å²) in [6.07, 6.45) is 4.31. The van der Waals surface area contributed by atoms with Crippen LogP contribution in [0.3, 0.4) is 0 Å². The van der Waals surface area contributed by atoms with Crippen LogP contribution < -0.4 is 10.6 Å². The lowest BCUT2D eigenvalue weighted by Gasteiger charge is -2.33. The van der Waals surface area contributed by atoms with E-state index in [0.717, 1.165) is 30.3 Å². The van der Waals surface area contributed by atoms with E-state index in [1.54, 1.807) is 0 Å². The third-order valence-corrected chi connectivity index (χ3v) is 4.51. The highest BCUT2D eigenvalue weighted by atomic mass is 16.1. The zero-order valence-corrected chi connectivity index (χ0v) is 13.6. The van der Waals surface area contributed by atoms with E-state index < -0.39 is 0 Å². The number of amides is 1. The number of carbonyl (C=O) groups is 1. The highest BCUT2D eigenvalue weighted by Crippen LogP contribution is 2.28. The van der Waals surface area contributed by atoms with Crippen molar-refractivity contribution in [1.29, 1.82) is 0 Å². The summed E-state index contributed by atoms with van der Waals surface area (Å²) in [6, 6.07) is 4.02. The van der Waals surface area contributed by atoms with Crippen molar-refractivity contribution in [2.45, 2.75) is 52.5 Å². The molecule has 1 amide bonds. The van der Waals surface area contributed by atoms with Crippen LogP contribution >= 0.6 is 0 Å². The number of aryl methyl sites for hydroxylation is 1. The summed E-state index contributed by atoms with van der Waals surface area (Å²) in [6.45, 7) is 6.59.